The predicted octanol–water partition coefficient (Wildman–Crippen LogP) is 3.23. The first-order chi connectivity index (χ1) is 14.9. The summed E-state index contributed by atoms with van der Waals surface area (Å²) in [6.07, 6.45) is 6.14. The summed E-state index contributed by atoms with van der Waals surface area (Å²) in [6.45, 7) is 11.3. The Morgan fingerprint density at radius 2 is 1.84 bits per heavy atom. The molecule has 0 amide bonds. The lowest BCUT2D eigenvalue weighted by Gasteiger charge is -2.30. The van der Waals surface area contributed by atoms with Crippen molar-refractivity contribution in [2.24, 2.45) is 18.0 Å². The second kappa shape index (κ2) is 12.6. The van der Waals surface area contributed by atoms with E-state index in [0.717, 1.165) is 24.6 Å². The second-order valence-electron chi connectivity index (χ2n) is 9.00. The van der Waals surface area contributed by atoms with Crippen molar-refractivity contribution >= 4 is 29.9 Å². The van der Waals surface area contributed by atoms with Crippen LogP contribution in [-0.4, -0.2) is 51.9 Å². The summed E-state index contributed by atoms with van der Waals surface area (Å²) in [7, 11) is 1.84. The lowest BCUT2D eigenvalue weighted by atomic mass is 9.99. The Balaban J connectivity index is 0.00000363. The number of halogens is 1. The van der Waals surface area contributed by atoms with Gasteiger partial charge in [0.2, 0.25) is 0 Å². The van der Waals surface area contributed by atoms with Crippen LogP contribution in [-0.2, 0) is 25.7 Å². The number of nitrogens with one attached hydrogen (secondary N) is 2. The van der Waals surface area contributed by atoms with Gasteiger partial charge in [-0.15, -0.1) is 24.0 Å². The molecule has 1 aliphatic rings. The van der Waals surface area contributed by atoms with Crippen LogP contribution in [0, 0.1) is 5.92 Å². The van der Waals surface area contributed by atoms with E-state index in [-0.39, 0.29) is 24.0 Å². The molecule has 32 heavy (non-hydrogen) atoms. The minimum atomic E-state index is -1.03. The fourth-order valence-corrected chi connectivity index (χ4v) is 3.80. The third-order valence-corrected chi connectivity index (χ3v) is 6.00. The maximum Gasteiger partial charge on any atom is 0.191 e. The van der Waals surface area contributed by atoms with E-state index in [2.05, 4.69) is 51.8 Å². The van der Waals surface area contributed by atoms with Gasteiger partial charge in [-0.25, -0.2) is 4.99 Å². The molecule has 0 aliphatic carbocycles. The topological polar surface area (TPSA) is 77.7 Å². The van der Waals surface area contributed by atoms with E-state index in [1.165, 1.54) is 37.1 Å². The van der Waals surface area contributed by atoms with Crippen molar-refractivity contribution in [1.29, 1.82) is 0 Å². The molecule has 8 heteroatoms. The fourth-order valence-electron chi connectivity index (χ4n) is 3.80. The molecule has 1 aromatic heterocycles. The van der Waals surface area contributed by atoms with E-state index in [1.807, 2.05) is 20.2 Å². The van der Waals surface area contributed by atoms with Crippen LogP contribution >= 0.6 is 24.0 Å². The lowest BCUT2D eigenvalue weighted by molar-refractivity contribution is 0.0616. The molecule has 1 saturated heterocycles. The Labute approximate surface area is 209 Å². The van der Waals surface area contributed by atoms with Crippen LogP contribution in [0.5, 0.6) is 0 Å². The van der Waals surface area contributed by atoms with E-state index in [4.69, 9.17) is 4.99 Å². The molecule has 3 N–H and O–H groups in total. The number of nitrogens with zero attached hydrogens (tertiary/aromatic N) is 4. The van der Waals surface area contributed by atoms with Gasteiger partial charge in [-0.1, -0.05) is 31.2 Å². The highest BCUT2D eigenvalue weighted by molar-refractivity contribution is 14.0. The molecule has 7 nitrogen and oxygen atoms in total. The first-order valence-corrected chi connectivity index (χ1v) is 11.4. The van der Waals surface area contributed by atoms with Crippen molar-refractivity contribution in [2.75, 3.05) is 26.2 Å². The maximum absolute atomic E-state index is 10.8. The van der Waals surface area contributed by atoms with Gasteiger partial charge in [0.25, 0.3) is 0 Å². The Hall–Kier alpha value is -1.65. The smallest absolute Gasteiger partial charge is 0.191 e. The van der Waals surface area contributed by atoms with E-state index in [9.17, 15) is 5.11 Å². The van der Waals surface area contributed by atoms with Crippen molar-refractivity contribution in [3.8, 4) is 0 Å². The second-order valence-corrected chi connectivity index (χ2v) is 9.00. The van der Waals surface area contributed by atoms with E-state index in [0.29, 0.717) is 19.0 Å². The van der Waals surface area contributed by atoms with Crippen LogP contribution in [0.3, 0.4) is 0 Å². The Morgan fingerprint density at radius 3 is 2.44 bits per heavy atom. The summed E-state index contributed by atoms with van der Waals surface area (Å²) in [6, 6.07) is 8.77. The normalized spacial score (nSPS) is 17.5. The average molecular weight is 555 g/mol. The lowest BCUT2D eigenvalue weighted by Crippen LogP contribution is -2.44. The SMILES string of the molecule is CCNC(=NCc1ccc(CN2CCC(C)CC2)cc1)NCC(C)(O)c1cnn(C)c1.I. The standard InChI is InChI=1S/C24H38N6O.HI/c1-5-25-23(27-18-24(3,31)22-15-28-29(4)17-22)26-14-20-6-8-21(9-7-20)16-30-12-10-19(2)11-13-30;/h6-9,15,17,19,31H,5,10-14,16,18H2,1-4H3,(H2,25,26,27);1H. The molecular formula is C24H39IN6O. The first-order valence-electron chi connectivity index (χ1n) is 11.4. The highest BCUT2D eigenvalue weighted by atomic mass is 127. The van der Waals surface area contributed by atoms with Gasteiger partial charge >= 0.3 is 0 Å². The molecule has 1 aliphatic heterocycles. The summed E-state index contributed by atoms with van der Waals surface area (Å²) < 4.78 is 1.69. The zero-order chi connectivity index (χ0) is 22.3. The number of piperidine rings is 1. The predicted molar refractivity (Wildman–Crippen MR) is 141 cm³/mol. The minimum Gasteiger partial charge on any atom is -0.383 e. The molecule has 3 rings (SSSR count). The zero-order valence-corrected chi connectivity index (χ0v) is 22.2. The van der Waals surface area contributed by atoms with Crippen molar-refractivity contribution < 1.29 is 5.11 Å². The van der Waals surface area contributed by atoms with Gasteiger partial charge < -0.3 is 15.7 Å². The summed E-state index contributed by atoms with van der Waals surface area (Å²) in [4.78, 5) is 7.24. The first kappa shape index (κ1) is 26.6. The quantitative estimate of drug-likeness (QED) is 0.266. The maximum atomic E-state index is 10.8. The monoisotopic (exact) mass is 554 g/mol. The van der Waals surface area contributed by atoms with Crippen LogP contribution in [0.4, 0.5) is 0 Å². The Kier molecular flexibility index (Phi) is 10.4. The van der Waals surface area contributed by atoms with Gasteiger partial charge in [-0.2, -0.15) is 5.10 Å². The molecule has 1 aromatic carbocycles. The molecule has 1 fully saturated rings. The minimum absolute atomic E-state index is 0. The van der Waals surface area contributed by atoms with Gasteiger partial charge in [0, 0.05) is 31.9 Å². The average Bonchev–Trinajstić information content (AvgIpc) is 3.20. The third kappa shape index (κ3) is 8.04. The molecule has 0 saturated carbocycles. The van der Waals surface area contributed by atoms with Crippen molar-refractivity contribution in [2.45, 2.75) is 52.3 Å². The highest BCUT2D eigenvalue weighted by Crippen LogP contribution is 2.19. The number of benzene rings is 1. The number of aliphatic hydroxyl groups is 1. The van der Waals surface area contributed by atoms with Gasteiger partial charge in [-0.3, -0.25) is 9.58 Å². The number of guanidine groups is 1. The largest absolute Gasteiger partial charge is 0.383 e. The molecule has 0 spiro atoms. The molecular weight excluding hydrogens is 515 g/mol. The number of aryl methyl sites for hydroxylation is 1. The van der Waals surface area contributed by atoms with Crippen molar-refractivity contribution in [1.82, 2.24) is 25.3 Å². The number of aliphatic imine (C=N–C) groups is 1. The van der Waals surface area contributed by atoms with Crippen LogP contribution < -0.4 is 10.6 Å². The number of likely N-dealkylation sites (tertiary alicyclic amines) is 1. The number of rotatable bonds is 8. The molecule has 1 unspecified atom stereocenters. The van der Waals surface area contributed by atoms with E-state index >= 15 is 0 Å². The van der Waals surface area contributed by atoms with Gasteiger partial charge in [-0.05, 0) is 56.8 Å². The summed E-state index contributed by atoms with van der Waals surface area (Å²) in [5, 5.41) is 21.4. The molecule has 0 radical (unpaired) electrons. The molecule has 0 bridgehead atoms. The zero-order valence-electron chi connectivity index (χ0n) is 19.8. The van der Waals surface area contributed by atoms with Gasteiger partial charge in [0.15, 0.2) is 5.96 Å². The van der Waals surface area contributed by atoms with E-state index < -0.39 is 5.60 Å². The van der Waals surface area contributed by atoms with Gasteiger partial charge in [0.1, 0.15) is 5.60 Å². The molecule has 2 aromatic rings. The van der Waals surface area contributed by atoms with Crippen molar-refractivity contribution in [3.63, 3.8) is 0 Å². The molecule has 178 valence electrons. The molecule has 2 heterocycles. The van der Waals surface area contributed by atoms with Crippen LogP contribution in [0.25, 0.3) is 0 Å². The fraction of sp³-hybridized carbons (Fsp3) is 0.583. The highest BCUT2D eigenvalue weighted by Gasteiger charge is 2.25. The summed E-state index contributed by atoms with van der Waals surface area (Å²) in [5.41, 5.74) is 2.28. The number of hydrogen-bond acceptors (Lipinski definition) is 4. The third-order valence-electron chi connectivity index (χ3n) is 6.00. The van der Waals surface area contributed by atoms with E-state index in [1.54, 1.807) is 17.8 Å². The number of aromatic nitrogens is 2. The van der Waals surface area contributed by atoms with Crippen LogP contribution in [0.1, 0.15) is 50.3 Å². The Bertz CT molecular complexity index is 840. The van der Waals surface area contributed by atoms with Crippen molar-refractivity contribution in [3.05, 3.63) is 53.3 Å². The number of hydrogen-bond donors (Lipinski definition) is 3. The van der Waals surface area contributed by atoms with Crippen LogP contribution in [0.15, 0.2) is 41.7 Å². The summed E-state index contributed by atoms with van der Waals surface area (Å²) in [5.74, 6) is 1.56. The molecule has 1 atom stereocenters. The Morgan fingerprint density at radius 1 is 1.19 bits per heavy atom. The van der Waals surface area contributed by atoms with Crippen LogP contribution in [0.2, 0.25) is 0 Å². The van der Waals surface area contributed by atoms with Gasteiger partial charge in [0.05, 0.1) is 19.3 Å². The summed E-state index contributed by atoms with van der Waals surface area (Å²) >= 11 is 0.